The van der Waals surface area contributed by atoms with Gasteiger partial charge >= 0.3 is 4.87 Å². The third kappa shape index (κ3) is 4.83. The minimum absolute atomic E-state index is 0.168. The summed E-state index contributed by atoms with van der Waals surface area (Å²) in [6, 6.07) is 20.9. The number of hydrogen-bond acceptors (Lipinski definition) is 8. The summed E-state index contributed by atoms with van der Waals surface area (Å²) >= 11 is 8.16. The predicted molar refractivity (Wildman–Crippen MR) is 156 cm³/mol. The Hall–Kier alpha value is -4.26. The number of nitrogens with zero attached hydrogens (tertiary/aromatic N) is 3. The molecule has 0 aliphatic carbocycles. The molecule has 4 aromatic rings. The van der Waals surface area contributed by atoms with Crippen LogP contribution in [0.25, 0.3) is 0 Å². The molecule has 3 aromatic carbocycles. The average Bonchev–Trinajstić information content (AvgIpc) is 3.40. The van der Waals surface area contributed by atoms with Crippen LogP contribution < -0.4 is 15.1 Å². The second kappa shape index (κ2) is 10.6. The number of aromatic nitrogens is 1. The summed E-state index contributed by atoms with van der Waals surface area (Å²) in [6.07, 6.45) is 0. The third-order valence-corrected chi connectivity index (χ3v) is 9.81. The number of rotatable bonds is 6. The molecule has 1 saturated heterocycles. The Morgan fingerprint density at radius 1 is 0.951 bits per heavy atom. The van der Waals surface area contributed by atoms with E-state index in [4.69, 9.17) is 11.6 Å². The van der Waals surface area contributed by atoms with Crippen LogP contribution in [0.2, 0.25) is 5.02 Å². The molecule has 3 heterocycles. The Balaban J connectivity index is 1.40. The maximum Gasteiger partial charge on any atom is 0.308 e. The number of fused-ring (bicyclic) bond motifs is 2. The molecule has 0 radical (unpaired) electrons. The van der Waals surface area contributed by atoms with Crippen LogP contribution in [-0.2, 0) is 20.9 Å². The molecule has 1 aromatic heterocycles. The average molecular weight is 607 g/mol. The van der Waals surface area contributed by atoms with Crippen LogP contribution in [0, 0.1) is 16.0 Å². The first-order valence-electron chi connectivity index (χ1n) is 12.4. The Kier molecular flexibility index (Phi) is 6.98. The van der Waals surface area contributed by atoms with Crippen molar-refractivity contribution in [2.45, 2.75) is 22.7 Å². The zero-order valence-electron chi connectivity index (χ0n) is 20.9. The number of nitro benzene ring substituents is 1. The van der Waals surface area contributed by atoms with E-state index >= 15 is 0 Å². The van der Waals surface area contributed by atoms with Gasteiger partial charge in [-0.3, -0.25) is 33.9 Å². The Labute approximate surface area is 245 Å². The van der Waals surface area contributed by atoms with Crippen molar-refractivity contribution in [1.82, 2.24) is 4.57 Å². The van der Waals surface area contributed by atoms with Gasteiger partial charge in [0.25, 0.3) is 5.69 Å². The van der Waals surface area contributed by atoms with Crippen molar-refractivity contribution in [3.8, 4) is 0 Å². The number of amides is 3. The molecule has 41 heavy (non-hydrogen) atoms. The monoisotopic (exact) mass is 606 g/mol. The molecule has 10 nitrogen and oxygen atoms in total. The Morgan fingerprint density at radius 3 is 2.29 bits per heavy atom. The van der Waals surface area contributed by atoms with E-state index in [2.05, 4.69) is 5.32 Å². The van der Waals surface area contributed by atoms with Gasteiger partial charge in [-0.2, -0.15) is 0 Å². The van der Waals surface area contributed by atoms with Crippen molar-refractivity contribution < 1.29 is 19.3 Å². The highest BCUT2D eigenvalue weighted by atomic mass is 35.5. The van der Waals surface area contributed by atoms with Crippen molar-refractivity contribution in [3.63, 3.8) is 0 Å². The molecule has 3 amide bonds. The molecule has 206 valence electrons. The quantitative estimate of drug-likeness (QED) is 0.187. The molecule has 1 fully saturated rings. The molecule has 1 N–H and O–H groups in total. The number of benzene rings is 3. The summed E-state index contributed by atoms with van der Waals surface area (Å²) in [5, 5.41) is 13.9. The largest absolute Gasteiger partial charge is 0.325 e. The van der Waals surface area contributed by atoms with E-state index in [0.29, 0.717) is 26.2 Å². The summed E-state index contributed by atoms with van der Waals surface area (Å²) in [5.41, 5.74) is 1.33. The van der Waals surface area contributed by atoms with Crippen molar-refractivity contribution in [1.29, 1.82) is 0 Å². The number of nitrogens with one attached hydrogen (secondary N) is 1. The second-order valence-electron chi connectivity index (χ2n) is 9.42. The van der Waals surface area contributed by atoms with Crippen molar-refractivity contribution in [2.24, 2.45) is 5.92 Å². The molecule has 0 saturated carbocycles. The fraction of sp³-hybridized carbons (Fsp3) is 0.143. The number of carbonyl (C=O) groups excluding carboxylic acids is 3. The number of thiazole rings is 1. The molecule has 6 rings (SSSR count). The molecule has 13 heteroatoms. The molecule has 0 spiro atoms. The van der Waals surface area contributed by atoms with Gasteiger partial charge in [0.15, 0.2) is 0 Å². The number of non-ortho nitro benzene ring substituents is 1. The van der Waals surface area contributed by atoms with Crippen LogP contribution >= 0.6 is 34.7 Å². The SMILES string of the molecule is O=C(Cn1c2c(sc1=O)[C@@H](c1ccc(Cl)cc1)[C@@H]1C(=O)N(c3ccc([N+](=O)[O-])cc3)C(=O)[C@@H]1S2)Nc1ccccc1. The number of para-hydroxylation sites is 1. The molecular weight excluding hydrogens is 588 g/mol. The van der Waals surface area contributed by atoms with E-state index in [1.54, 1.807) is 48.5 Å². The van der Waals surface area contributed by atoms with Gasteiger partial charge in [-0.25, -0.2) is 4.90 Å². The smallest absolute Gasteiger partial charge is 0.308 e. The number of nitro groups is 1. The van der Waals surface area contributed by atoms with Gasteiger partial charge < -0.3 is 5.32 Å². The standard InChI is InChI=1S/C28H19ClN4O6S2/c29-16-8-6-15(7-9-16)21-22-23(26(36)32(25(22)35)18-10-12-19(13-11-18)33(38)39)40-27-24(21)41-28(37)31(27)14-20(34)30-17-4-2-1-3-5-17/h1-13,21-23H,14H2,(H,30,34)/t21-,22-,23+/m0/s1. The van der Waals surface area contributed by atoms with Crippen LogP contribution in [-0.4, -0.2) is 32.5 Å². The van der Waals surface area contributed by atoms with Crippen molar-refractivity contribution in [2.75, 3.05) is 10.2 Å². The number of thioether (sulfide) groups is 1. The second-order valence-corrected chi connectivity index (χ2v) is 12.0. The van der Waals surface area contributed by atoms with E-state index in [9.17, 15) is 29.3 Å². The number of carbonyl (C=O) groups is 3. The Bertz CT molecular complexity index is 1760. The molecule has 3 atom stereocenters. The molecule has 2 aliphatic rings. The number of anilines is 2. The first-order valence-corrected chi connectivity index (χ1v) is 14.4. The minimum atomic E-state index is -0.886. The van der Waals surface area contributed by atoms with Crippen LogP contribution in [0.4, 0.5) is 17.1 Å². The lowest BCUT2D eigenvalue weighted by Crippen LogP contribution is -2.33. The summed E-state index contributed by atoms with van der Waals surface area (Å²) in [4.78, 5) is 65.6. The van der Waals surface area contributed by atoms with Crippen molar-refractivity contribution in [3.05, 3.63) is 114 Å². The number of halogens is 1. The maximum absolute atomic E-state index is 13.9. The van der Waals surface area contributed by atoms with Gasteiger partial charge in [-0.15, -0.1) is 0 Å². The summed E-state index contributed by atoms with van der Waals surface area (Å²) in [5.74, 6) is -2.88. The summed E-state index contributed by atoms with van der Waals surface area (Å²) in [6.45, 7) is -0.272. The fourth-order valence-electron chi connectivity index (χ4n) is 5.13. The van der Waals surface area contributed by atoms with E-state index in [1.165, 1.54) is 28.8 Å². The number of hydrogen-bond donors (Lipinski definition) is 1. The van der Waals surface area contributed by atoms with Crippen LogP contribution in [0.3, 0.4) is 0 Å². The first kappa shape index (κ1) is 26.9. The van der Waals surface area contributed by atoms with E-state index in [0.717, 1.165) is 28.0 Å². The Morgan fingerprint density at radius 2 is 1.63 bits per heavy atom. The minimum Gasteiger partial charge on any atom is -0.325 e. The normalized spacial score (nSPS) is 19.5. The van der Waals surface area contributed by atoms with Gasteiger partial charge in [0.05, 0.1) is 21.6 Å². The zero-order valence-corrected chi connectivity index (χ0v) is 23.3. The van der Waals surface area contributed by atoms with E-state index in [1.807, 2.05) is 6.07 Å². The molecule has 2 aliphatic heterocycles. The zero-order chi connectivity index (χ0) is 28.8. The van der Waals surface area contributed by atoms with Gasteiger partial charge in [-0.1, -0.05) is 65.0 Å². The lowest BCUT2D eigenvalue weighted by molar-refractivity contribution is -0.384. The highest BCUT2D eigenvalue weighted by Crippen LogP contribution is 2.54. The maximum atomic E-state index is 13.9. The van der Waals surface area contributed by atoms with E-state index in [-0.39, 0.29) is 22.8 Å². The first-order chi connectivity index (χ1) is 19.7. The summed E-state index contributed by atoms with van der Waals surface area (Å²) in [7, 11) is 0. The van der Waals surface area contributed by atoms with Gasteiger partial charge in [0, 0.05) is 33.6 Å². The van der Waals surface area contributed by atoms with Gasteiger partial charge in [0.1, 0.15) is 11.8 Å². The van der Waals surface area contributed by atoms with Crippen LogP contribution in [0.1, 0.15) is 16.4 Å². The lowest BCUT2D eigenvalue weighted by Gasteiger charge is -2.30. The number of imide groups is 1. The highest BCUT2D eigenvalue weighted by Gasteiger charge is 2.56. The molecule has 0 bridgehead atoms. The van der Waals surface area contributed by atoms with Crippen LogP contribution in [0.5, 0.6) is 0 Å². The molecular formula is C28H19ClN4O6S2. The highest BCUT2D eigenvalue weighted by molar-refractivity contribution is 8.00. The van der Waals surface area contributed by atoms with Gasteiger partial charge in [-0.05, 0) is 42.0 Å². The van der Waals surface area contributed by atoms with Gasteiger partial charge in [0.2, 0.25) is 17.7 Å². The van der Waals surface area contributed by atoms with E-state index < -0.39 is 39.7 Å². The fourth-order valence-corrected chi connectivity index (χ4v) is 8.03. The summed E-state index contributed by atoms with van der Waals surface area (Å²) < 4.78 is 1.34. The molecule has 0 unspecified atom stereocenters. The lowest BCUT2D eigenvalue weighted by atomic mass is 9.83. The predicted octanol–water partition coefficient (Wildman–Crippen LogP) is 4.91. The van der Waals surface area contributed by atoms with Crippen LogP contribution in [0.15, 0.2) is 88.7 Å². The van der Waals surface area contributed by atoms with Crippen molar-refractivity contribution >= 4 is 69.5 Å². The topological polar surface area (TPSA) is 132 Å². The third-order valence-electron chi connectivity index (χ3n) is 6.96.